The molecule has 0 amide bonds. The second kappa shape index (κ2) is 7.85. The van der Waals surface area contributed by atoms with E-state index in [4.69, 9.17) is 0 Å². The highest BCUT2D eigenvalue weighted by Gasteiger charge is 2.19. The molecule has 0 saturated heterocycles. The molecule has 1 aliphatic carbocycles. The molecular formula is C17H26F2N2. The first-order valence-electron chi connectivity index (χ1n) is 7.91. The van der Waals surface area contributed by atoms with E-state index in [2.05, 4.69) is 17.3 Å². The number of rotatable bonds is 7. The van der Waals surface area contributed by atoms with Gasteiger partial charge in [-0.15, -0.1) is 0 Å². The van der Waals surface area contributed by atoms with Gasteiger partial charge < -0.3 is 10.2 Å². The van der Waals surface area contributed by atoms with E-state index >= 15 is 0 Å². The van der Waals surface area contributed by atoms with Crippen molar-refractivity contribution >= 4 is 0 Å². The Morgan fingerprint density at radius 1 is 1.29 bits per heavy atom. The number of halogens is 2. The smallest absolute Gasteiger partial charge is 0.163 e. The molecule has 0 aromatic heterocycles. The molecule has 1 atom stereocenters. The van der Waals surface area contributed by atoms with Crippen molar-refractivity contribution in [3.8, 4) is 0 Å². The Morgan fingerprint density at radius 3 is 2.67 bits per heavy atom. The Labute approximate surface area is 126 Å². The SMILES string of the molecule is CNC(CCN(C)CC1CCCC1)c1cccc(F)c1F. The van der Waals surface area contributed by atoms with E-state index in [1.54, 1.807) is 19.2 Å². The summed E-state index contributed by atoms with van der Waals surface area (Å²) in [7, 11) is 3.92. The Bertz CT molecular complexity index is 444. The van der Waals surface area contributed by atoms with E-state index in [-0.39, 0.29) is 6.04 Å². The van der Waals surface area contributed by atoms with Gasteiger partial charge in [-0.25, -0.2) is 8.78 Å². The van der Waals surface area contributed by atoms with Gasteiger partial charge in [0, 0.05) is 18.2 Å². The molecule has 1 N–H and O–H groups in total. The van der Waals surface area contributed by atoms with Crippen molar-refractivity contribution in [2.24, 2.45) is 5.92 Å². The Hall–Kier alpha value is -1.00. The van der Waals surface area contributed by atoms with Crippen LogP contribution in [0.1, 0.15) is 43.7 Å². The zero-order chi connectivity index (χ0) is 15.2. The fourth-order valence-corrected chi connectivity index (χ4v) is 3.32. The number of nitrogens with one attached hydrogen (secondary N) is 1. The molecule has 0 heterocycles. The minimum atomic E-state index is -0.771. The van der Waals surface area contributed by atoms with Crippen LogP contribution in [-0.4, -0.2) is 32.1 Å². The normalized spacial score (nSPS) is 17.6. The maximum atomic E-state index is 13.9. The van der Waals surface area contributed by atoms with Gasteiger partial charge in [0.25, 0.3) is 0 Å². The first-order chi connectivity index (χ1) is 10.1. The third-order valence-electron chi connectivity index (χ3n) is 4.55. The number of hydrogen-bond donors (Lipinski definition) is 1. The average molecular weight is 296 g/mol. The average Bonchev–Trinajstić information content (AvgIpc) is 2.96. The standard InChI is InChI=1S/C17H26F2N2/c1-20-16(14-8-5-9-15(18)17(14)19)10-11-21(2)12-13-6-3-4-7-13/h5,8-9,13,16,20H,3-4,6-7,10-12H2,1-2H3. The van der Waals surface area contributed by atoms with Crippen molar-refractivity contribution in [3.63, 3.8) is 0 Å². The Kier molecular flexibility index (Phi) is 6.12. The van der Waals surface area contributed by atoms with E-state index in [1.807, 2.05) is 0 Å². The largest absolute Gasteiger partial charge is 0.313 e. The van der Waals surface area contributed by atoms with Crippen molar-refractivity contribution in [1.82, 2.24) is 10.2 Å². The number of hydrogen-bond acceptors (Lipinski definition) is 2. The third kappa shape index (κ3) is 4.48. The lowest BCUT2D eigenvalue weighted by Gasteiger charge is -2.24. The van der Waals surface area contributed by atoms with Crippen LogP contribution in [0, 0.1) is 17.6 Å². The van der Waals surface area contributed by atoms with E-state index in [1.165, 1.54) is 25.7 Å². The maximum Gasteiger partial charge on any atom is 0.163 e. The van der Waals surface area contributed by atoms with Crippen LogP contribution >= 0.6 is 0 Å². The lowest BCUT2D eigenvalue weighted by atomic mass is 10.0. The van der Waals surface area contributed by atoms with Crippen LogP contribution in [0.2, 0.25) is 0 Å². The summed E-state index contributed by atoms with van der Waals surface area (Å²) in [5.41, 5.74) is 0.423. The summed E-state index contributed by atoms with van der Waals surface area (Å²) in [6.45, 7) is 2.00. The van der Waals surface area contributed by atoms with Gasteiger partial charge in [0.05, 0.1) is 0 Å². The van der Waals surface area contributed by atoms with Gasteiger partial charge in [-0.05, 0) is 51.9 Å². The second-order valence-electron chi connectivity index (χ2n) is 6.19. The van der Waals surface area contributed by atoms with Crippen molar-refractivity contribution in [1.29, 1.82) is 0 Å². The summed E-state index contributed by atoms with van der Waals surface area (Å²) < 4.78 is 27.2. The summed E-state index contributed by atoms with van der Waals surface area (Å²) in [6, 6.07) is 4.25. The minimum Gasteiger partial charge on any atom is -0.313 e. The van der Waals surface area contributed by atoms with E-state index < -0.39 is 11.6 Å². The summed E-state index contributed by atoms with van der Waals surface area (Å²) in [5, 5.41) is 3.10. The predicted octanol–water partition coefficient (Wildman–Crippen LogP) is 3.74. The van der Waals surface area contributed by atoms with E-state index in [0.717, 1.165) is 31.5 Å². The summed E-state index contributed by atoms with van der Waals surface area (Å²) in [5.74, 6) is -0.684. The summed E-state index contributed by atoms with van der Waals surface area (Å²) in [6.07, 6.45) is 6.15. The fourth-order valence-electron chi connectivity index (χ4n) is 3.32. The van der Waals surface area contributed by atoms with Gasteiger partial charge in [-0.3, -0.25) is 0 Å². The molecule has 21 heavy (non-hydrogen) atoms. The van der Waals surface area contributed by atoms with Crippen molar-refractivity contribution in [2.45, 2.75) is 38.1 Å². The molecule has 0 aliphatic heterocycles. The number of nitrogens with zero attached hydrogens (tertiary/aromatic N) is 1. The molecule has 118 valence electrons. The van der Waals surface area contributed by atoms with Crippen molar-refractivity contribution < 1.29 is 8.78 Å². The maximum absolute atomic E-state index is 13.9. The molecule has 2 rings (SSSR count). The molecule has 1 aliphatic rings. The molecule has 1 unspecified atom stereocenters. The second-order valence-corrected chi connectivity index (χ2v) is 6.19. The molecule has 1 saturated carbocycles. The zero-order valence-electron chi connectivity index (χ0n) is 13.0. The van der Waals surface area contributed by atoms with Crippen LogP contribution in [0.5, 0.6) is 0 Å². The molecule has 0 radical (unpaired) electrons. The Balaban J connectivity index is 1.88. The summed E-state index contributed by atoms with van der Waals surface area (Å²) >= 11 is 0. The first kappa shape index (κ1) is 16.4. The molecule has 0 bridgehead atoms. The molecule has 1 fully saturated rings. The molecule has 0 spiro atoms. The van der Waals surface area contributed by atoms with Gasteiger partial charge in [-0.2, -0.15) is 0 Å². The Morgan fingerprint density at radius 2 is 2.00 bits per heavy atom. The lowest BCUT2D eigenvalue weighted by molar-refractivity contribution is 0.263. The predicted molar refractivity (Wildman–Crippen MR) is 82.2 cm³/mol. The monoisotopic (exact) mass is 296 g/mol. The van der Waals surface area contributed by atoms with E-state index in [9.17, 15) is 8.78 Å². The van der Waals surface area contributed by atoms with Crippen LogP contribution in [0.3, 0.4) is 0 Å². The highest BCUT2D eigenvalue weighted by atomic mass is 19.2. The molecule has 4 heteroatoms. The lowest BCUT2D eigenvalue weighted by Crippen LogP contribution is -2.29. The molecule has 1 aromatic carbocycles. The van der Waals surface area contributed by atoms with Crippen LogP contribution < -0.4 is 5.32 Å². The minimum absolute atomic E-state index is 0.147. The highest BCUT2D eigenvalue weighted by molar-refractivity contribution is 5.22. The first-order valence-corrected chi connectivity index (χ1v) is 7.91. The quantitative estimate of drug-likeness (QED) is 0.824. The highest BCUT2D eigenvalue weighted by Crippen LogP contribution is 2.26. The summed E-state index contributed by atoms with van der Waals surface area (Å²) in [4.78, 5) is 2.32. The number of benzene rings is 1. The van der Waals surface area contributed by atoms with Gasteiger partial charge in [-0.1, -0.05) is 25.0 Å². The third-order valence-corrected chi connectivity index (χ3v) is 4.55. The molecular weight excluding hydrogens is 270 g/mol. The van der Waals surface area contributed by atoms with Gasteiger partial charge in [0.1, 0.15) is 0 Å². The van der Waals surface area contributed by atoms with E-state index in [0.29, 0.717) is 5.56 Å². The zero-order valence-corrected chi connectivity index (χ0v) is 13.0. The van der Waals surface area contributed by atoms with Crippen LogP contribution in [0.25, 0.3) is 0 Å². The van der Waals surface area contributed by atoms with Gasteiger partial charge in [0.15, 0.2) is 11.6 Å². The van der Waals surface area contributed by atoms with Gasteiger partial charge in [0.2, 0.25) is 0 Å². The molecule has 1 aromatic rings. The van der Waals surface area contributed by atoms with Crippen molar-refractivity contribution in [3.05, 3.63) is 35.4 Å². The van der Waals surface area contributed by atoms with Crippen LogP contribution in [-0.2, 0) is 0 Å². The van der Waals surface area contributed by atoms with Crippen LogP contribution in [0.4, 0.5) is 8.78 Å². The van der Waals surface area contributed by atoms with Crippen molar-refractivity contribution in [2.75, 3.05) is 27.2 Å². The van der Waals surface area contributed by atoms with Crippen LogP contribution in [0.15, 0.2) is 18.2 Å². The van der Waals surface area contributed by atoms with Gasteiger partial charge >= 0.3 is 0 Å². The topological polar surface area (TPSA) is 15.3 Å². The fraction of sp³-hybridized carbons (Fsp3) is 0.647. The molecule has 2 nitrogen and oxygen atoms in total.